The van der Waals surface area contributed by atoms with Gasteiger partial charge in [0.05, 0.1) is 6.10 Å². The molecule has 0 aliphatic carbocycles. The van der Waals surface area contributed by atoms with Gasteiger partial charge >= 0.3 is 6.55 Å². The minimum atomic E-state index is -2.74. The van der Waals surface area contributed by atoms with Gasteiger partial charge in [-0.1, -0.05) is 0 Å². The zero-order valence-corrected chi connectivity index (χ0v) is 11.0. The van der Waals surface area contributed by atoms with Crippen molar-refractivity contribution in [3.05, 3.63) is 18.0 Å². The Hall–Kier alpha value is -1.50. The third-order valence-corrected chi connectivity index (χ3v) is 4.21. The summed E-state index contributed by atoms with van der Waals surface area (Å²) in [6, 6.07) is 1.33. The van der Waals surface area contributed by atoms with Crippen molar-refractivity contribution in [2.75, 3.05) is 0 Å². The lowest BCUT2D eigenvalue weighted by Crippen LogP contribution is -2.56. The topological polar surface area (TPSA) is 58.4 Å². The highest BCUT2D eigenvalue weighted by molar-refractivity contribution is 5.92. The van der Waals surface area contributed by atoms with Crippen LogP contribution in [-0.4, -0.2) is 43.9 Å². The lowest BCUT2D eigenvalue weighted by molar-refractivity contribution is -0.0156. The summed E-state index contributed by atoms with van der Waals surface area (Å²) in [4.78, 5) is 14.2. The van der Waals surface area contributed by atoms with Gasteiger partial charge in [-0.25, -0.2) is 4.68 Å². The Morgan fingerprint density at radius 2 is 2.00 bits per heavy atom. The van der Waals surface area contributed by atoms with Gasteiger partial charge in [-0.2, -0.15) is 13.9 Å². The number of aromatic nitrogens is 2. The number of piperidine rings is 2. The third kappa shape index (κ3) is 2.30. The third-order valence-electron chi connectivity index (χ3n) is 4.21. The molecule has 0 saturated carbocycles. The van der Waals surface area contributed by atoms with E-state index in [0.717, 1.165) is 25.5 Å². The Morgan fingerprint density at radius 1 is 1.35 bits per heavy atom. The van der Waals surface area contributed by atoms with Crippen molar-refractivity contribution in [1.82, 2.24) is 14.7 Å². The minimum Gasteiger partial charge on any atom is -0.393 e. The number of nitrogens with zero attached hydrogens (tertiary/aromatic N) is 3. The number of carbonyl (C=O) groups excluding carboxylic acids is 1. The number of fused-ring (bicyclic) bond motifs is 2. The molecule has 2 fully saturated rings. The molecular weight excluding hydrogens is 268 g/mol. The van der Waals surface area contributed by atoms with Gasteiger partial charge in [-0.3, -0.25) is 4.79 Å². The van der Waals surface area contributed by atoms with Gasteiger partial charge in [0.15, 0.2) is 5.69 Å². The fourth-order valence-electron chi connectivity index (χ4n) is 3.38. The first-order chi connectivity index (χ1) is 9.56. The lowest BCUT2D eigenvalue weighted by atomic mass is 9.83. The molecule has 2 bridgehead atoms. The van der Waals surface area contributed by atoms with E-state index in [1.807, 2.05) is 0 Å². The highest BCUT2D eigenvalue weighted by atomic mass is 19.3. The number of carbonyl (C=O) groups is 1. The number of amides is 1. The van der Waals surface area contributed by atoms with E-state index < -0.39 is 6.55 Å². The lowest BCUT2D eigenvalue weighted by Gasteiger charge is -2.47. The Bertz CT molecular complexity index is 492. The SMILES string of the molecule is O=C(c1ccn(C(F)F)n1)N1[C@@H]2CCC[C@H]1CC(O)C2. The molecule has 3 heterocycles. The van der Waals surface area contributed by atoms with Crippen molar-refractivity contribution in [3.63, 3.8) is 0 Å². The van der Waals surface area contributed by atoms with E-state index in [0.29, 0.717) is 17.5 Å². The summed E-state index contributed by atoms with van der Waals surface area (Å²) in [5.41, 5.74) is 0.0542. The van der Waals surface area contributed by atoms with E-state index >= 15 is 0 Å². The normalized spacial score (nSPS) is 29.8. The van der Waals surface area contributed by atoms with Crippen LogP contribution in [0.5, 0.6) is 0 Å². The predicted molar refractivity (Wildman–Crippen MR) is 66.3 cm³/mol. The monoisotopic (exact) mass is 285 g/mol. The number of hydrogen-bond acceptors (Lipinski definition) is 3. The molecule has 1 unspecified atom stereocenters. The van der Waals surface area contributed by atoms with Crippen LogP contribution >= 0.6 is 0 Å². The second-order valence-corrected chi connectivity index (χ2v) is 5.53. The molecule has 0 spiro atoms. The summed E-state index contributed by atoms with van der Waals surface area (Å²) in [5, 5.41) is 13.4. The first kappa shape index (κ1) is 13.5. The Balaban J connectivity index is 1.82. The van der Waals surface area contributed by atoms with Crippen molar-refractivity contribution in [2.24, 2.45) is 0 Å². The highest BCUT2D eigenvalue weighted by Gasteiger charge is 2.41. The molecule has 2 aliphatic heterocycles. The van der Waals surface area contributed by atoms with Crippen molar-refractivity contribution in [1.29, 1.82) is 0 Å². The standard InChI is InChI=1S/C13H17F2N3O2/c14-13(15)17-5-4-11(16-17)12(20)18-8-2-1-3-9(18)7-10(19)6-8/h4-5,8-10,13,19H,1-3,6-7H2/t8-,9+,10?. The maximum absolute atomic E-state index is 12.5. The molecule has 1 amide bonds. The maximum atomic E-state index is 12.5. The van der Waals surface area contributed by atoms with Crippen molar-refractivity contribution >= 4 is 5.91 Å². The second kappa shape index (κ2) is 5.12. The quantitative estimate of drug-likeness (QED) is 0.901. The number of hydrogen-bond donors (Lipinski definition) is 1. The Kier molecular flexibility index (Phi) is 3.45. The van der Waals surface area contributed by atoms with Crippen molar-refractivity contribution in [2.45, 2.75) is 56.8 Å². The van der Waals surface area contributed by atoms with Crippen LogP contribution in [0.1, 0.15) is 49.1 Å². The molecule has 1 aromatic rings. The van der Waals surface area contributed by atoms with Gasteiger partial charge in [0.1, 0.15) is 0 Å². The molecule has 20 heavy (non-hydrogen) atoms. The molecule has 7 heteroatoms. The first-order valence-electron chi connectivity index (χ1n) is 6.90. The van der Waals surface area contributed by atoms with Crippen molar-refractivity contribution < 1.29 is 18.7 Å². The fourth-order valence-corrected chi connectivity index (χ4v) is 3.38. The van der Waals surface area contributed by atoms with E-state index in [9.17, 15) is 18.7 Å². The van der Waals surface area contributed by atoms with Gasteiger partial charge in [0, 0.05) is 18.3 Å². The molecular formula is C13H17F2N3O2. The van der Waals surface area contributed by atoms with E-state index in [1.54, 1.807) is 4.90 Å². The molecule has 1 aromatic heterocycles. The summed E-state index contributed by atoms with van der Waals surface area (Å²) in [6.45, 7) is -2.74. The number of alkyl halides is 2. The molecule has 2 aliphatic rings. The second-order valence-electron chi connectivity index (χ2n) is 5.53. The van der Waals surface area contributed by atoms with Crippen LogP contribution in [0, 0.1) is 0 Å². The van der Waals surface area contributed by atoms with Gasteiger partial charge in [-0.15, -0.1) is 0 Å². The van der Waals surface area contributed by atoms with Crippen LogP contribution < -0.4 is 0 Å². The predicted octanol–water partition coefficient (Wildman–Crippen LogP) is 1.80. The minimum absolute atomic E-state index is 0.00157. The van der Waals surface area contributed by atoms with Crippen LogP contribution in [0.2, 0.25) is 0 Å². The summed E-state index contributed by atoms with van der Waals surface area (Å²) in [5.74, 6) is -0.300. The van der Waals surface area contributed by atoms with Crippen LogP contribution in [0.15, 0.2) is 12.3 Å². The first-order valence-corrected chi connectivity index (χ1v) is 6.90. The average molecular weight is 285 g/mol. The molecule has 0 radical (unpaired) electrons. The Morgan fingerprint density at radius 3 is 2.55 bits per heavy atom. The molecule has 2 saturated heterocycles. The van der Waals surface area contributed by atoms with E-state index in [-0.39, 0.29) is 29.8 Å². The van der Waals surface area contributed by atoms with Crippen LogP contribution in [-0.2, 0) is 0 Å². The Labute approximate surface area is 115 Å². The van der Waals surface area contributed by atoms with E-state index in [1.165, 1.54) is 6.07 Å². The number of halogens is 2. The average Bonchev–Trinajstić information content (AvgIpc) is 2.86. The summed E-state index contributed by atoms with van der Waals surface area (Å²) < 4.78 is 25.5. The smallest absolute Gasteiger partial charge is 0.333 e. The van der Waals surface area contributed by atoms with Crippen molar-refractivity contribution in [3.8, 4) is 0 Å². The highest BCUT2D eigenvalue weighted by Crippen LogP contribution is 2.35. The molecule has 1 N–H and O–H groups in total. The van der Waals surface area contributed by atoms with Gasteiger partial charge in [-0.05, 0) is 38.2 Å². The maximum Gasteiger partial charge on any atom is 0.333 e. The zero-order chi connectivity index (χ0) is 14.3. The van der Waals surface area contributed by atoms with Crippen LogP contribution in [0.3, 0.4) is 0 Å². The molecule has 3 rings (SSSR count). The zero-order valence-electron chi connectivity index (χ0n) is 11.0. The summed E-state index contributed by atoms with van der Waals surface area (Å²) >= 11 is 0. The number of aliphatic hydroxyl groups excluding tert-OH is 1. The number of aliphatic hydroxyl groups is 1. The fraction of sp³-hybridized carbons (Fsp3) is 0.692. The van der Waals surface area contributed by atoms with Gasteiger partial charge in [0.25, 0.3) is 5.91 Å². The van der Waals surface area contributed by atoms with Crippen LogP contribution in [0.25, 0.3) is 0 Å². The van der Waals surface area contributed by atoms with Crippen LogP contribution in [0.4, 0.5) is 8.78 Å². The largest absolute Gasteiger partial charge is 0.393 e. The molecule has 110 valence electrons. The summed E-state index contributed by atoms with van der Waals surface area (Å²) in [7, 11) is 0. The summed E-state index contributed by atoms with van der Waals surface area (Å²) in [6.07, 6.45) is 4.64. The number of rotatable bonds is 2. The molecule has 0 aromatic carbocycles. The van der Waals surface area contributed by atoms with E-state index in [2.05, 4.69) is 5.10 Å². The van der Waals surface area contributed by atoms with Gasteiger partial charge in [0.2, 0.25) is 0 Å². The van der Waals surface area contributed by atoms with Gasteiger partial charge < -0.3 is 10.0 Å². The molecule has 5 nitrogen and oxygen atoms in total. The van der Waals surface area contributed by atoms with E-state index in [4.69, 9.17) is 0 Å². The molecule has 3 atom stereocenters.